The number of para-hydroxylation sites is 2. The number of methoxy groups -OCH3 is 1. The van der Waals surface area contributed by atoms with Gasteiger partial charge in [-0.1, -0.05) is 24.3 Å². The summed E-state index contributed by atoms with van der Waals surface area (Å²) in [6.07, 6.45) is 0. The summed E-state index contributed by atoms with van der Waals surface area (Å²) >= 11 is 0. The first-order valence-corrected chi connectivity index (χ1v) is 12.5. The summed E-state index contributed by atoms with van der Waals surface area (Å²) in [4.78, 5) is 20.6. The second-order valence-electron chi connectivity index (χ2n) is 8.68. The number of nitrogens with one attached hydrogen (secondary N) is 2. The van der Waals surface area contributed by atoms with Crippen LogP contribution in [0.3, 0.4) is 0 Å². The number of likely N-dealkylation sites (N-methyl/N-ethyl adjacent to an activating group) is 1. The number of amides is 1. The van der Waals surface area contributed by atoms with Gasteiger partial charge in [-0.2, -0.15) is 0 Å². The predicted octanol–water partition coefficient (Wildman–Crippen LogP) is 3.24. The van der Waals surface area contributed by atoms with Crippen LogP contribution in [0.4, 0.5) is 23.0 Å². The molecular formula is C25H27N6O4S+. The lowest BCUT2D eigenvalue weighted by atomic mass is 10.2. The van der Waals surface area contributed by atoms with E-state index in [2.05, 4.69) is 20.0 Å². The van der Waals surface area contributed by atoms with Gasteiger partial charge in [0.2, 0.25) is 0 Å². The second kappa shape index (κ2) is 9.80. The number of hydrogen-bond donors (Lipinski definition) is 3. The van der Waals surface area contributed by atoms with Crippen LogP contribution in [0.1, 0.15) is 0 Å². The average molecular weight is 508 g/mol. The van der Waals surface area contributed by atoms with Gasteiger partial charge in [-0.15, -0.1) is 0 Å². The molecule has 1 heterocycles. The van der Waals surface area contributed by atoms with Gasteiger partial charge in [0.1, 0.15) is 11.4 Å². The normalized spacial score (nSPS) is 11.8. The van der Waals surface area contributed by atoms with Crippen molar-refractivity contribution in [2.45, 2.75) is 4.90 Å². The fraction of sp³-hybridized carbons (Fsp3) is 0.160. The lowest BCUT2D eigenvalue weighted by molar-refractivity contribution is -0.118. The van der Waals surface area contributed by atoms with E-state index < -0.39 is 15.9 Å². The molecule has 0 saturated carbocycles. The third-order valence-electron chi connectivity index (χ3n) is 5.51. The highest BCUT2D eigenvalue weighted by Gasteiger charge is 2.25. The van der Waals surface area contributed by atoms with Crippen molar-refractivity contribution in [2.24, 2.45) is 5.73 Å². The van der Waals surface area contributed by atoms with E-state index in [0.717, 1.165) is 0 Å². The van der Waals surface area contributed by atoms with Crippen molar-refractivity contribution >= 4 is 50.0 Å². The molecule has 0 aliphatic heterocycles. The van der Waals surface area contributed by atoms with Gasteiger partial charge in [0.25, 0.3) is 15.9 Å². The van der Waals surface area contributed by atoms with Crippen molar-refractivity contribution in [3.8, 4) is 5.75 Å². The molecule has 0 spiro atoms. The molecule has 0 saturated heterocycles. The van der Waals surface area contributed by atoms with Gasteiger partial charge >= 0.3 is 0 Å². The van der Waals surface area contributed by atoms with Crippen LogP contribution in [0.2, 0.25) is 0 Å². The number of anilines is 3. The van der Waals surface area contributed by atoms with Crippen molar-refractivity contribution in [2.75, 3.05) is 37.8 Å². The SMILES string of the molecule is COc1cccc(Nc2nc3ccccc3nc2NS(=O)(=O)c2cccc([N+](C)(C)CC(N)=O)c2)c1. The molecule has 186 valence electrons. The maximum atomic E-state index is 13.4. The van der Waals surface area contributed by atoms with Crippen molar-refractivity contribution in [1.82, 2.24) is 14.5 Å². The van der Waals surface area contributed by atoms with Gasteiger partial charge in [0, 0.05) is 17.8 Å². The zero-order valence-corrected chi connectivity index (χ0v) is 20.9. The van der Waals surface area contributed by atoms with Crippen molar-refractivity contribution in [3.63, 3.8) is 0 Å². The third-order valence-corrected chi connectivity index (χ3v) is 6.85. The largest absolute Gasteiger partial charge is 0.497 e. The number of nitrogens with zero attached hydrogens (tertiary/aromatic N) is 3. The monoisotopic (exact) mass is 507 g/mol. The molecule has 0 unspecified atom stereocenters. The number of aromatic nitrogens is 2. The standard InChI is InChI=1S/C25H26N6O4S/c1-31(2,16-23(26)32)18-9-7-11-20(15-18)36(33,34)30-25-24(27-17-8-6-10-19(14-17)35-3)28-21-12-4-5-13-22(21)29-25/h4-15H,16H2,1-3H3,(H3-,26,27,28,29,30,32)/p+1. The Labute approximate surface area is 209 Å². The molecule has 0 fully saturated rings. The molecule has 36 heavy (non-hydrogen) atoms. The number of benzene rings is 3. The quantitative estimate of drug-likeness (QED) is 0.296. The highest BCUT2D eigenvalue weighted by molar-refractivity contribution is 7.92. The summed E-state index contributed by atoms with van der Waals surface area (Å²) in [6, 6.07) is 20.7. The minimum absolute atomic E-state index is 0.0120. The second-order valence-corrected chi connectivity index (χ2v) is 10.4. The Balaban J connectivity index is 1.74. The Morgan fingerprint density at radius 2 is 1.61 bits per heavy atom. The average Bonchev–Trinajstić information content (AvgIpc) is 2.83. The molecule has 0 bridgehead atoms. The third kappa shape index (κ3) is 5.53. The number of carbonyl (C=O) groups excluding carboxylic acids is 1. The molecule has 1 amide bonds. The number of fused-ring (bicyclic) bond motifs is 1. The lowest BCUT2D eigenvalue weighted by Gasteiger charge is -2.28. The van der Waals surface area contributed by atoms with Gasteiger partial charge in [-0.05, 0) is 36.4 Å². The van der Waals surface area contributed by atoms with Gasteiger partial charge < -0.3 is 15.8 Å². The number of nitrogens with two attached hydrogens (primary N) is 1. The maximum Gasteiger partial charge on any atom is 0.273 e. The van der Waals surface area contributed by atoms with E-state index in [1.165, 1.54) is 12.1 Å². The Bertz CT molecular complexity index is 1540. The molecule has 1 aromatic heterocycles. The number of carbonyl (C=O) groups is 1. The van der Waals surface area contributed by atoms with Crippen molar-refractivity contribution in [1.29, 1.82) is 0 Å². The van der Waals surface area contributed by atoms with Crippen LogP contribution in [-0.4, -0.2) is 52.0 Å². The fourth-order valence-corrected chi connectivity index (χ4v) is 4.74. The number of sulfonamides is 1. The molecule has 11 heteroatoms. The molecule has 10 nitrogen and oxygen atoms in total. The van der Waals surface area contributed by atoms with Gasteiger partial charge in [-0.3, -0.25) is 14.0 Å². The van der Waals surface area contributed by atoms with E-state index >= 15 is 0 Å². The maximum absolute atomic E-state index is 13.4. The highest BCUT2D eigenvalue weighted by atomic mass is 32.2. The van der Waals surface area contributed by atoms with E-state index in [0.29, 0.717) is 28.2 Å². The summed E-state index contributed by atoms with van der Waals surface area (Å²) in [5.74, 6) is 0.398. The van der Waals surface area contributed by atoms with Crippen LogP contribution in [0.5, 0.6) is 5.75 Å². The summed E-state index contributed by atoms with van der Waals surface area (Å²) in [5.41, 5.74) is 7.75. The smallest absolute Gasteiger partial charge is 0.273 e. The number of quaternary nitrogens is 1. The molecular weight excluding hydrogens is 480 g/mol. The summed E-state index contributed by atoms with van der Waals surface area (Å²) < 4.78 is 34.8. The molecule has 0 aliphatic rings. The molecule has 4 aromatic rings. The molecule has 4 N–H and O–H groups in total. The molecule has 0 atom stereocenters. The Hall–Kier alpha value is -4.22. The van der Waals surface area contributed by atoms with Crippen LogP contribution < -0.4 is 25.0 Å². The number of ether oxygens (including phenoxy) is 1. The van der Waals surface area contributed by atoms with E-state index in [-0.39, 0.29) is 27.6 Å². The summed E-state index contributed by atoms with van der Waals surface area (Å²) in [5, 5.41) is 3.14. The first-order chi connectivity index (χ1) is 17.1. The van der Waals surface area contributed by atoms with E-state index in [1.807, 2.05) is 6.07 Å². The van der Waals surface area contributed by atoms with Gasteiger partial charge in [0.15, 0.2) is 18.2 Å². The van der Waals surface area contributed by atoms with Gasteiger partial charge in [0.05, 0.1) is 37.1 Å². The number of rotatable bonds is 9. The lowest BCUT2D eigenvalue weighted by Crippen LogP contribution is -2.47. The van der Waals surface area contributed by atoms with E-state index in [9.17, 15) is 13.2 Å². The van der Waals surface area contributed by atoms with Crippen LogP contribution in [0.15, 0.2) is 77.7 Å². The summed E-state index contributed by atoms with van der Waals surface area (Å²) in [6.45, 7) is 0.0156. The van der Waals surface area contributed by atoms with Crippen molar-refractivity contribution < 1.29 is 17.9 Å². The minimum Gasteiger partial charge on any atom is -0.497 e. The number of hydrogen-bond acceptors (Lipinski definition) is 7. The van der Waals surface area contributed by atoms with Crippen LogP contribution in [-0.2, 0) is 14.8 Å². The predicted molar refractivity (Wildman–Crippen MR) is 141 cm³/mol. The summed E-state index contributed by atoms with van der Waals surface area (Å²) in [7, 11) is 1.04. The van der Waals surface area contributed by atoms with Crippen LogP contribution in [0.25, 0.3) is 11.0 Å². The molecule has 0 radical (unpaired) electrons. The zero-order valence-electron chi connectivity index (χ0n) is 20.1. The van der Waals surface area contributed by atoms with Crippen LogP contribution in [0, 0.1) is 0 Å². The van der Waals surface area contributed by atoms with Gasteiger partial charge in [-0.25, -0.2) is 18.4 Å². The van der Waals surface area contributed by atoms with Crippen molar-refractivity contribution in [3.05, 3.63) is 72.8 Å². The highest BCUT2D eigenvalue weighted by Crippen LogP contribution is 2.29. The molecule has 0 aliphatic carbocycles. The van der Waals surface area contributed by atoms with E-state index in [1.54, 1.807) is 75.8 Å². The fourth-order valence-electron chi connectivity index (χ4n) is 3.69. The Morgan fingerprint density at radius 1 is 0.944 bits per heavy atom. The number of primary amides is 1. The Kier molecular flexibility index (Phi) is 6.77. The first-order valence-electron chi connectivity index (χ1n) is 11.0. The molecule has 4 rings (SSSR count). The zero-order chi connectivity index (χ0) is 25.9. The Morgan fingerprint density at radius 3 is 2.28 bits per heavy atom. The molecule has 3 aromatic carbocycles. The minimum atomic E-state index is -4.06. The van der Waals surface area contributed by atoms with Crippen LogP contribution >= 0.6 is 0 Å². The first kappa shape index (κ1) is 24.9. The van der Waals surface area contributed by atoms with E-state index in [4.69, 9.17) is 10.5 Å². The topological polar surface area (TPSA) is 136 Å².